The van der Waals surface area contributed by atoms with Gasteiger partial charge in [-0.25, -0.2) is 9.78 Å². The van der Waals surface area contributed by atoms with Gasteiger partial charge in [0.2, 0.25) is 0 Å². The van der Waals surface area contributed by atoms with Crippen LogP contribution >= 0.6 is 50.7 Å². The number of hydrogen-bond donors (Lipinski definition) is 2. The molecule has 0 aromatic heterocycles. The van der Waals surface area contributed by atoms with Crippen LogP contribution < -0.4 is 0 Å². The highest BCUT2D eigenvalue weighted by Crippen LogP contribution is 2.36. The molecule has 0 amide bonds. The molecule has 0 atom stereocenters. The van der Waals surface area contributed by atoms with Gasteiger partial charge in [0.05, 0.1) is 13.2 Å². The Bertz CT molecular complexity index is 261. The van der Waals surface area contributed by atoms with Crippen molar-refractivity contribution in [3.05, 3.63) is 0 Å². The second kappa shape index (κ2) is 31.8. The van der Waals surface area contributed by atoms with Gasteiger partial charge in [-0.15, -0.1) is 0 Å². The van der Waals surface area contributed by atoms with E-state index in [1.54, 1.807) is 9.83 Å². The van der Waals surface area contributed by atoms with Crippen LogP contribution in [0.3, 0.4) is 0 Å². The van der Waals surface area contributed by atoms with Crippen LogP contribution in [0.5, 0.6) is 0 Å². The van der Waals surface area contributed by atoms with Crippen molar-refractivity contribution in [1.82, 2.24) is 0 Å². The van der Waals surface area contributed by atoms with Crippen LogP contribution in [-0.4, -0.2) is 23.9 Å². The van der Waals surface area contributed by atoms with E-state index in [2.05, 4.69) is 32.4 Å². The van der Waals surface area contributed by atoms with E-state index >= 15 is 0 Å². The number of rotatable bonds is 22. The standard InChI is InChI=1S/C16H35O5P.C3H8S4/c1-3-5-7-9-11-13-15-18-20-22(17)21-19-16-14-12-10-8-6-4-2;1-2-3-5-7-6-4/h17H,3-16H2,1-2H3;4H,2-3H2,1H3. The van der Waals surface area contributed by atoms with Gasteiger partial charge < -0.3 is 4.89 Å². The summed E-state index contributed by atoms with van der Waals surface area (Å²) >= 11 is 3.95. The van der Waals surface area contributed by atoms with E-state index in [0.29, 0.717) is 13.2 Å². The average Bonchev–Trinajstić information content (AvgIpc) is 2.73. The van der Waals surface area contributed by atoms with Crippen LogP contribution in [0, 0.1) is 0 Å². The van der Waals surface area contributed by atoms with Crippen LogP contribution in [0.25, 0.3) is 0 Å². The Morgan fingerprint density at radius 3 is 1.55 bits per heavy atom. The maximum Gasteiger partial charge on any atom is 0.389 e. The Kier molecular flexibility index (Phi) is 36.0. The molecule has 0 aliphatic heterocycles. The number of unbranched alkanes of at least 4 members (excludes halogenated alkanes) is 10. The summed E-state index contributed by atoms with van der Waals surface area (Å²) in [6.07, 6.45) is 15.5. The first-order valence-corrected chi connectivity index (χ1v) is 16.7. The molecule has 0 radical (unpaired) electrons. The van der Waals surface area contributed by atoms with Gasteiger partial charge in [-0.2, -0.15) is 9.35 Å². The van der Waals surface area contributed by atoms with Gasteiger partial charge in [0.15, 0.2) is 0 Å². The smallest absolute Gasteiger partial charge is 0.325 e. The maximum absolute atomic E-state index is 9.36. The van der Waals surface area contributed by atoms with Crippen LogP contribution in [0.1, 0.15) is 104 Å². The molecule has 10 heteroatoms. The molecule has 29 heavy (non-hydrogen) atoms. The summed E-state index contributed by atoms with van der Waals surface area (Å²) < 4.78 is 9.40. The molecule has 0 aliphatic rings. The van der Waals surface area contributed by atoms with E-state index in [-0.39, 0.29) is 0 Å². The largest absolute Gasteiger partial charge is 0.389 e. The van der Waals surface area contributed by atoms with E-state index in [9.17, 15) is 4.89 Å². The Balaban J connectivity index is 0. The lowest BCUT2D eigenvalue weighted by atomic mass is 10.1. The molecular weight excluding hydrogens is 467 g/mol. The molecule has 0 saturated heterocycles. The summed E-state index contributed by atoms with van der Waals surface area (Å²) in [5.74, 6) is 1.23. The highest BCUT2D eigenvalue weighted by Gasteiger charge is 2.09. The van der Waals surface area contributed by atoms with Gasteiger partial charge in [-0.3, -0.25) is 0 Å². The van der Waals surface area contributed by atoms with E-state index in [1.807, 2.05) is 10.8 Å². The van der Waals surface area contributed by atoms with Crippen molar-refractivity contribution in [1.29, 1.82) is 0 Å². The van der Waals surface area contributed by atoms with Crippen molar-refractivity contribution in [2.75, 3.05) is 19.0 Å². The third kappa shape index (κ3) is 34.4. The Morgan fingerprint density at radius 2 is 1.14 bits per heavy atom. The van der Waals surface area contributed by atoms with E-state index in [1.165, 1.54) is 73.4 Å². The third-order valence-electron chi connectivity index (χ3n) is 3.76. The fourth-order valence-electron chi connectivity index (χ4n) is 2.20. The second-order valence-electron chi connectivity index (χ2n) is 6.53. The zero-order valence-corrected chi connectivity index (χ0v) is 22.8. The summed E-state index contributed by atoms with van der Waals surface area (Å²) in [5, 5.41) is 0. The van der Waals surface area contributed by atoms with Crippen molar-refractivity contribution >= 4 is 50.7 Å². The first-order chi connectivity index (χ1) is 14.2. The highest BCUT2D eigenvalue weighted by atomic mass is 33.7. The maximum atomic E-state index is 9.36. The summed E-state index contributed by atoms with van der Waals surface area (Å²) in [4.78, 5) is 19.2. The molecule has 0 aromatic rings. The molecule has 1 N–H and O–H groups in total. The summed E-state index contributed by atoms with van der Waals surface area (Å²) in [7, 11) is 3.02. The summed E-state index contributed by atoms with van der Waals surface area (Å²) in [6, 6.07) is 0. The van der Waals surface area contributed by atoms with Gasteiger partial charge in [0, 0.05) is 5.75 Å². The fraction of sp³-hybridized carbons (Fsp3) is 1.00. The van der Waals surface area contributed by atoms with E-state index in [4.69, 9.17) is 19.1 Å². The predicted molar refractivity (Wildman–Crippen MR) is 137 cm³/mol. The predicted octanol–water partition coefficient (Wildman–Crippen LogP) is 9.09. The Morgan fingerprint density at radius 1 is 0.690 bits per heavy atom. The van der Waals surface area contributed by atoms with Gasteiger partial charge in [0.1, 0.15) is 0 Å². The first-order valence-electron chi connectivity index (χ1n) is 10.9. The fourth-order valence-corrected chi connectivity index (χ4v) is 5.83. The molecule has 0 spiro atoms. The summed E-state index contributed by atoms with van der Waals surface area (Å²) in [6.45, 7) is 7.54. The second-order valence-corrected chi connectivity index (χ2v) is 12.4. The number of thiol groups is 1. The molecule has 0 aliphatic carbocycles. The lowest BCUT2D eigenvalue weighted by Gasteiger charge is -2.08. The highest BCUT2D eigenvalue weighted by molar-refractivity contribution is 9.23. The van der Waals surface area contributed by atoms with Crippen LogP contribution in [0.4, 0.5) is 0 Å². The lowest BCUT2D eigenvalue weighted by Crippen LogP contribution is -1.98. The average molecular weight is 511 g/mol. The monoisotopic (exact) mass is 510 g/mol. The first kappa shape index (κ1) is 32.8. The molecule has 0 fully saturated rings. The topological polar surface area (TPSA) is 57.2 Å². The Labute approximate surface area is 197 Å². The van der Waals surface area contributed by atoms with Crippen LogP contribution in [-0.2, 0) is 19.1 Å². The minimum absolute atomic E-state index is 0.478. The zero-order valence-electron chi connectivity index (χ0n) is 18.5. The number of hydrogen-bond acceptors (Lipinski definition) is 9. The van der Waals surface area contributed by atoms with Crippen molar-refractivity contribution in [3.63, 3.8) is 0 Å². The zero-order chi connectivity index (χ0) is 21.8. The van der Waals surface area contributed by atoms with Crippen LogP contribution in [0.2, 0.25) is 0 Å². The van der Waals surface area contributed by atoms with E-state index in [0.717, 1.165) is 25.7 Å². The molecule has 0 bridgehead atoms. The molecule has 0 rings (SSSR count). The van der Waals surface area contributed by atoms with Crippen molar-refractivity contribution in [2.24, 2.45) is 0 Å². The van der Waals surface area contributed by atoms with Crippen LogP contribution in [0.15, 0.2) is 0 Å². The van der Waals surface area contributed by atoms with Gasteiger partial charge in [0.25, 0.3) is 0 Å². The molecule has 5 nitrogen and oxygen atoms in total. The SMILES string of the molecule is CCCCCCCCOOP(O)OOCCCCCCCC.CCCSSSS. The summed E-state index contributed by atoms with van der Waals surface area (Å²) in [5.41, 5.74) is 0. The minimum atomic E-state index is -2.09. The Hall–Kier alpha value is 1.63. The molecule has 0 saturated carbocycles. The molecule has 0 aromatic carbocycles. The minimum Gasteiger partial charge on any atom is -0.325 e. The normalized spacial score (nSPS) is 11.0. The van der Waals surface area contributed by atoms with Crippen molar-refractivity contribution < 1.29 is 24.0 Å². The van der Waals surface area contributed by atoms with Gasteiger partial charge in [-0.1, -0.05) is 107 Å². The quantitative estimate of drug-likeness (QED) is 0.0373. The third-order valence-corrected chi connectivity index (χ3v) is 8.99. The molecule has 178 valence electrons. The van der Waals surface area contributed by atoms with E-state index < -0.39 is 8.60 Å². The van der Waals surface area contributed by atoms with Crippen molar-refractivity contribution in [3.8, 4) is 0 Å². The van der Waals surface area contributed by atoms with Gasteiger partial charge >= 0.3 is 8.60 Å². The lowest BCUT2D eigenvalue weighted by molar-refractivity contribution is -0.267. The molecular formula is C19H43O5PS4. The van der Waals surface area contributed by atoms with Crippen molar-refractivity contribution in [2.45, 2.75) is 104 Å². The molecule has 0 heterocycles. The van der Waals surface area contributed by atoms with Gasteiger partial charge in [-0.05, 0) is 38.9 Å². The molecule has 0 unspecified atom stereocenters.